The standard InChI is InChI=1S/C19H26N2O4/c1-4-15-10-11-17(25-15)16(12-24-3)21-18(22)20-13-19(2,23)14-8-6-5-7-9-14/h5-11,16,23H,4,12-13H2,1-3H3,(H2,20,21,22). The summed E-state index contributed by atoms with van der Waals surface area (Å²) in [7, 11) is 1.57. The molecule has 1 aromatic carbocycles. The highest BCUT2D eigenvalue weighted by molar-refractivity contribution is 5.74. The highest BCUT2D eigenvalue weighted by Gasteiger charge is 2.24. The van der Waals surface area contributed by atoms with Crippen molar-refractivity contribution in [3.63, 3.8) is 0 Å². The zero-order valence-corrected chi connectivity index (χ0v) is 14.9. The van der Waals surface area contributed by atoms with E-state index in [0.717, 1.165) is 17.7 Å². The van der Waals surface area contributed by atoms with Crippen LogP contribution < -0.4 is 10.6 Å². The fourth-order valence-electron chi connectivity index (χ4n) is 2.49. The van der Waals surface area contributed by atoms with E-state index in [1.54, 1.807) is 14.0 Å². The fraction of sp³-hybridized carbons (Fsp3) is 0.421. The summed E-state index contributed by atoms with van der Waals surface area (Å²) in [5.74, 6) is 1.49. The predicted molar refractivity (Wildman–Crippen MR) is 95.3 cm³/mol. The second-order valence-electron chi connectivity index (χ2n) is 6.13. The Morgan fingerprint density at radius 2 is 2.00 bits per heavy atom. The van der Waals surface area contributed by atoms with Crippen LogP contribution in [-0.4, -0.2) is 31.4 Å². The fourth-order valence-corrected chi connectivity index (χ4v) is 2.49. The molecule has 2 aromatic rings. The Bertz CT molecular complexity index is 667. The number of aryl methyl sites for hydroxylation is 1. The molecular formula is C19H26N2O4. The van der Waals surface area contributed by atoms with Gasteiger partial charge in [-0.05, 0) is 24.6 Å². The minimum absolute atomic E-state index is 0.0842. The molecule has 25 heavy (non-hydrogen) atoms. The van der Waals surface area contributed by atoms with Gasteiger partial charge in [-0.1, -0.05) is 37.3 Å². The van der Waals surface area contributed by atoms with Gasteiger partial charge in [0, 0.05) is 13.5 Å². The number of hydrogen-bond donors (Lipinski definition) is 3. The number of rotatable bonds is 8. The number of methoxy groups -OCH3 is 1. The van der Waals surface area contributed by atoms with Gasteiger partial charge in [0.2, 0.25) is 0 Å². The molecule has 2 amide bonds. The summed E-state index contributed by atoms with van der Waals surface area (Å²) in [4.78, 5) is 12.2. The lowest BCUT2D eigenvalue weighted by atomic mass is 9.96. The van der Waals surface area contributed by atoms with Gasteiger partial charge in [-0.3, -0.25) is 0 Å². The van der Waals surface area contributed by atoms with Crippen molar-refractivity contribution in [1.29, 1.82) is 0 Å². The number of amides is 2. The lowest BCUT2D eigenvalue weighted by molar-refractivity contribution is 0.0589. The first-order chi connectivity index (χ1) is 12.0. The van der Waals surface area contributed by atoms with Crippen molar-refractivity contribution in [3.8, 4) is 0 Å². The van der Waals surface area contributed by atoms with E-state index in [9.17, 15) is 9.90 Å². The summed E-state index contributed by atoms with van der Waals surface area (Å²) >= 11 is 0. The average molecular weight is 346 g/mol. The quantitative estimate of drug-likeness (QED) is 0.686. The third-order valence-corrected chi connectivity index (χ3v) is 4.00. The number of carbonyl (C=O) groups excluding carboxylic acids is 1. The van der Waals surface area contributed by atoms with Crippen LogP contribution in [0.15, 0.2) is 46.9 Å². The second kappa shape index (κ2) is 8.69. The Hall–Kier alpha value is -2.31. The maximum absolute atomic E-state index is 12.2. The minimum atomic E-state index is -1.16. The van der Waals surface area contributed by atoms with Crippen LogP contribution in [0.3, 0.4) is 0 Å². The number of ether oxygens (including phenoxy) is 1. The van der Waals surface area contributed by atoms with Crippen molar-refractivity contribution >= 4 is 6.03 Å². The molecule has 0 saturated carbocycles. The van der Waals surface area contributed by atoms with Gasteiger partial charge < -0.3 is 24.9 Å². The molecule has 136 valence electrons. The van der Waals surface area contributed by atoms with Crippen molar-refractivity contribution in [2.45, 2.75) is 31.9 Å². The number of aliphatic hydroxyl groups is 1. The Morgan fingerprint density at radius 1 is 1.28 bits per heavy atom. The van der Waals surface area contributed by atoms with E-state index >= 15 is 0 Å². The third kappa shape index (κ3) is 5.34. The molecule has 0 saturated heterocycles. The SMILES string of the molecule is CCc1ccc(C(COC)NC(=O)NCC(C)(O)c2ccccc2)o1. The van der Waals surface area contributed by atoms with Gasteiger partial charge in [-0.2, -0.15) is 0 Å². The number of carbonyl (C=O) groups is 1. The maximum Gasteiger partial charge on any atom is 0.315 e. The molecule has 0 spiro atoms. The highest BCUT2D eigenvalue weighted by Crippen LogP contribution is 2.20. The normalized spacial score (nSPS) is 14.6. The molecule has 6 heteroatoms. The summed E-state index contributed by atoms with van der Waals surface area (Å²) in [6.45, 7) is 4.04. The molecule has 0 fully saturated rings. The van der Waals surface area contributed by atoms with Gasteiger partial charge in [0.15, 0.2) is 0 Å². The van der Waals surface area contributed by atoms with E-state index in [4.69, 9.17) is 9.15 Å². The highest BCUT2D eigenvalue weighted by atomic mass is 16.5. The van der Waals surface area contributed by atoms with Crippen molar-refractivity contribution in [3.05, 3.63) is 59.5 Å². The minimum Gasteiger partial charge on any atom is -0.464 e. The van der Waals surface area contributed by atoms with Crippen LogP contribution in [0.25, 0.3) is 0 Å². The lowest BCUT2D eigenvalue weighted by Crippen LogP contribution is -2.45. The smallest absolute Gasteiger partial charge is 0.315 e. The summed E-state index contributed by atoms with van der Waals surface area (Å²) < 4.78 is 10.9. The molecule has 6 nitrogen and oxygen atoms in total. The molecule has 1 aromatic heterocycles. The van der Waals surface area contributed by atoms with Gasteiger partial charge in [0.05, 0.1) is 13.2 Å². The van der Waals surface area contributed by atoms with E-state index in [-0.39, 0.29) is 6.54 Å². The summed E-state index contributed by atoms with van der Waals surface area (Å²) in [6, 6.07) is 12.1. The third-order valence-electron chi connectivity index (χ3n) is 4.00. The van der Waals surface area contributed by atoms with Crippen LogP contribution in [0.5, 0.6) is 0 Å². The molecular weight excluding hydrogens is 320 g/mol. The zero-order chi connectivity index (χ0) is 18.3. The first-order valence-corrected chi connectivity index (χ1v) is 8.36. The van der Waals surface area contributed by atoms with Crippen LogP contribution in [-0.2, 0) is 16.8 Å². The van der Waals surface area contributed by atoms with Gasteiger partial charge in [-0.15, -0.1) is 0 Å². The second-order valence-corrected chi connectivity index (χ2v) is 6.13. The first-order valence-electron chi connectivity index (χ1n) is 8.36. The molecule has 0 aliphatic carbocycles. The van der Waals surface area contributed by atoms with Crippen molar-refractivity contribution < 1.29 is 19.1 Å². The Labute approximate surface area is 148 Å². The molecule has 0 aliphatic rings. The molecule has 0 bridgehead atoms. The van der Waals surface area contributed by atoms with Gasteiger partial charge >= 0.3 is 6.03 Å². The predicted octanol–water partition coefficient (Wildman–Crippen LogP) is 2.74. The van der Waals surface area contributed by atoms with E-state index in [1.165, 1.54) is 0 Å². The van der Waals surface area contributed by atoms with Crippen LogP contribution in [0.4, 0.5) is 4.79 Å². The van der Waals surface area contributed by atoms with Crippen molar-refractivity contribution in [1.82, 2.24) is 10.6 Å². The van der Waals surface area contributed by atoms with E-state index in [0.29, 0.717) is 12.4 Å². The van der Waals surface area contributed by atoms with E-state index in [1.807, 2.05) is 49.4 Å². The molecule has 2 rings (SSSR count). The van der Waals surface area contributed by atoms with E-state index < -0.39 is 17.7 Å². The van der Waals surface area contributed by atoms with Crippen molar-refractivity contribution in [2.75, 3.05) is 20.3 Å². The molecule has 1 heterocycles. The maximum atomic E-state index is 12.2. The molecule has 2 unspecified atom stereocenters. The Morgan fingerprint density at radius 3 is 2.60 bits per heavy atom. The largest absolute Gasteiger partial charge is 0.464 e. The number of nitrogens with one attached hydrogen (secondary N) is 2. The van der Waals surface area contributed by atoms with Crippen LogP contribution in [0.2, 0.25) is 0 Å². The summed E-state index contributed by atoms with van der Waals surface area (Å²) in [5, 5.41) is 16.1. The summed E-state index contributed by atoms with van der Waals surface area (Å²) in [5.41, 5.74) is -0.419. The molecule has 2 atom stereocenters. The van der Waals surface area contributed by atoms with Gasteiger partial charge in [0.25, 0.3) is 0 Å². The Balaban J connectivity index is 1.95. The van der Waals surface area contributed by atoms with Gasteiger partial charge in [-0.25, -0.2) is 4.79 Å². The summed E-state index contributed by atoms with van der Waals surface area (Å²) in [6.07, 6.45) is 0.784. The molecule has 3 N–H and O–H groups in total. The van der Waals surface area contributed by atoms with E-state index in [2.05, 4.69) is 10.6 Å². The lowest BCUT2D eigenvalue weighted by Gasteiger charge is -2.25. The Kier molecular flexibility index (Phi) is 6.61. The average Bonchev–Trinajstić information content (AvgIpc) is 3.10. The molecule has 0 radical (unpaired) electrons. The monoisotopic (exact) mass is 346 g/mol. The zero-order valence-electron chi connectivity index (χ0n) is 14.9. The van der Waals surface area contributed by atoms with Crippen molar-refractivity contribution in [2.24, 2.45) is 0 Å². The van der Waals surface area contributed by atoms with Crippen LogP contribution in [0.1, 0.15) is 37.0 Å². The number of hydrogen-bond acceptors (Lipinski definition) is 4. The van der Waals surface area contributed by atoms with Crippen LogP contribution in [0, 0.1) is 0 Å². The topological polar surface area (TPSA) is 83.7 Å². The number of urea groups is 1. The molecule has 0 aliphatic heterocycles. The van der Waals surface area contributed by atoms with Crippen LogP contribution >= 0.6 is 0 Å². The van der Waals surface area contributed by atoms with Gasteiger partial charge in [0.1, 0.15) is 23.2 Å². The first kappa shape index (κ1) is 19.0. The number of benzene rings is 1. The number of furan rings is 1.